The van der Waals surface area contributed by atoms with E-state index in [9.17, 15) is 4.79 Å². The fourth-order valence-electron chi connectivity index (χ4n) is 1.71. The van der Waals surface area contributed by atoms with Gasteiger partial charge in [0.2, 0.25) is 0 Å². The molecule has 0 bridgehead atoms. The number of oxime groups is 1. The maximum atomic E-state index is 11.7. The predicted octanol–water partition coefficient (Wildman–Crippen LogP) is 4.67. The fourth-order valence-corrected chi connectivity index (χ4v) is 2.66. The summed E-state index contributed by atoms with van der Waals surface area (Å²) >= 11 is 28.7. The molecule has 0 fully saturated rings. The van der Waals surface area contributed by atoms with Crippen molar-refractivity contribution in [2.75, 3.05) is 11.9 Å². The van der Waals surface area contributed by atoms with Crippen LogP contribution in [0.1, 0.15) is 5.56 Å². The second-order valence-electron chi connectivity index (χ2n) is 4.93. The molecule has 27 heavy (non-hydrogen) atoms. The van der Waals surface area contributed by atoms with E-state index >= 15 is 0 Å². The van der Waals surface area contributed by atoms with Crippen LogP contribution < -0.4 is 16.2 Å². The summed E-state index contributed by atoms with van der Waals surface area (Å²) in [5.74, 6) is -0.504. The monoisotopic (exact) mass is 464 g/mol. The summed E-state index contributed by atoms with van der Waals surface area (Å²) in [5.41, 5.74) is 5.94. The van der Waals surface area contributed by atoms with Gasteiger partial charge in [0.05, 0.1) is 21.9 Å². The summed E-state index contributed by atoms with van der Waals surface area (Å²) in [5, 5.41) is 8.41. The molecule has 0 aromatic heterocycles. The van der Waals surface area contributed by atoms with E-state index in [1.54, 1.807) is 36.4 Å². The largest absolute Gasteiger partial charge is 0.386 e. The van der Waals surface area contributed by atoms with Crippen molar-refractivity contribution in [2.24, 2.45) is 5.16 Å². The second kappa shape index (κ2) is 10.5. The number of carbonyl (C=O) groups is 1. The van der Waals surface area contributed by atoms with Crippen molar-refractivity contribution < 1.29 is 9.63 Å². The highest BCUT2D eigenvalue weighted by Crippen LogP contribution is 2.25. The van der Waals surface area contributed by atoms with Crippen molar-refractivity contribution in [3.05, 3.63) is 62.1 Å². The van der Waals surface area contributed by atoms with Gasteiger partial charge in [0.25, 0.3) is 5.91 Å². The standard InChI is InChI=1S/C16H12Cl4N4O2S/c17-10-2-1-9(13(20)5-10)7-21-26-8-15(25)23-24-16(27)22-14-6-11(18)3-4-12(14)19/h1-7H,8H2,(H,23,25)(H2,22,24,27). The zero-order chi connectivity index (χ0) is 19.8. The minimum absolute atomic E-state index is 0.115. The van der Waals surface area contributed by atoms with Crippen molar-refractivity contribution in [3.8, 4) is 0 Å². The lowest BCUT2D eigenvalue weighted by molar-refractivity contribution is -0.126. The van der Waals surface area contributed by atoms with E-state index in [1.807, 2.05) is 0 Å². The molecule has 0 aliphatic heterocycles. The van der Waals surface area contributed by atoms with Crippen LogP contribution in [0.4, 0.5) is 5.69 Å². The molecule has 0 radical (unpaired) electrons. The minimum atomic E-state index is -0.504. The molecular formula is C16H12Cl4N4O2S. The molecule has 0 atom stereocenters. The number of hydrogen-bond donors (Lipinski definition) is 3. The highest BCUT2D eigenvalue weighted by Gasteiger charge is 2.06. The molecule has 0 saturated carbocycles. The molecule has 0 aliphatic rings. The molecule has 0 aliphatic carbocycles. The molecule has 2 aromatic carbocycles. The fraction of sp³-hybridized carbons (Fsp3) is 0.0625. The summed E-state index contributed by atoms with van der Waals surface area (Å²) in [6.07, 6.45) is 1.37. The van der Waals surface area contributed by atoms with Gasteiger partial charge in [-0.15, -0.1) is 0 Å². The minimum Gasteiger partial charge on any atom is -0.386 e. The summed E-state index contributed by atoms with van der Waals surface area (Å²) in [4.78, 5) is 16.6. The van der Waals surface area contributed by atoms with Gasteiger partial charge in [0.15, 0.2) is 11.7 Å². The third-order valence-corrected chi connectivity index (χ3v) is 4.25. The quantitative estimate of drug-likeness (QED) is 0.340. The molecule has 3 N–H and O–H groups in total. The van der Waals surface area contributed by atoms with Gasteiger partial charge >= 0.3 is 0 Å². The number of carbonyl (C=O) groups excluding carboxylic acids is 1. The average molecular weight is 466 g/mol. The van der Waals surface area contributed by atoms with Crippen molar-refractivity contribution in [2.45, 2.75) is 0 Å². The molecule has 142 valence electrons. The number of halogens is 4. The lowest BCUT2D eigenvalue weighted by Crippen LogP contribution is -2.45. The third kappa shape index (κ3) is 7.40. The van der Waals surface area contributed by atoms with Crippen molar-refractivity contribution in [3.63, 3.8) is 0 Å². The van der Waals surface area contributed by atoms with E-state index in [-0.39, 0.29) is 11.7 Å². The normalized spacial score (nSPS) is 10.5. The number of thiocarbonyl (C=S) groups is 1. The number of nitrogens with one attached hydrogen (secondary N) is 3. The first-order chi connectivity index (χ1) is 12.8. The Bertz CT molecular complexity index is 879. The van der Waals surface area contributed by atoms with E-state index < -0.39 is 5.91 Å². The molecule has 2 rings (SSSR count). The van der Waals surface area contributed by atoms with E-state index in [4.69, 9.17) is 63.5 Å². The van der Waals surface area contributed by atoms with Crippen LogP contribution in [0, 0.1) is 0 Å². The van der Waals surface area contributed by atoms with Crippen LogP contribution in [0.2, 0.25) is 20.1 Å². The second-order valence-corrected chi connectivity index (χ2v) is 7.02. The number of hydrogen-bond acceptors (Lipinski definition) is 4. The first kappa shape index (κ1) is 21.5. The van der Waals surface area contributed by atoms with Gasteiger partial charge < -0.3 is 10.2 Å². The Hall–Kier alpha value is -1.77. The van der Waals surface area contributed by atoms with E-state index in [0.717, 1.165) is 0 Å². The zero-order valence-electron chi connectivity index (χ0n) is 13.4. The van der Waals surface area contributed by atoms with Gasteiger partial charge in [-0.05, 0) is 42.5 Å². The summed E-state index contributed by atoms with van der Waals surface area (Å²) in [6.45, 7) is -0.338. The van der Waals surface area contributed by atoms with E-state index in [0.29, 0.717) is 31.3 Å². The van der Waals surface area contributed by atoms with Crippen LogP contribution in [0.3, 0.4) is 0 Å². The van der Waals surface area contributed by atoms with Gasteiger partial charge in [-0.3, -0.25) is 15.6 Å². The number of hydrazine groups is 1. The Morgan fingerprint density at radius 1 is 1.04 bits per heavy atom. The molecule has 1 amide bonds. The van der Waals surface area contributed by atoms with Crippen LogP contribution in [0.25, 0.3) is 0 Å². The number of amides is 1. The maximum Gasteiger partial charge on any atom is 0.279 e. The Morgan fingerprint density at radius 2 is 1.74 bits per heavy atom. The first-order valence-corrected chi connectivity index (χ1v) is 9.18. The molecule has 0 saturated heterocycles. The number of benzene rings is 2. The van der Waals surface area contributed by atoms with Crippen LogP contribution in [-0.2, 0) is 9.63 Å². The van der Waals surface area contributed by atoms with Crippen LogP contribution in [0.15, 0.2) is 41.6 Å². The first-order valence-electron chi connectivity index (χ1n) is 7.26. The topological polar surface area (TPSA) is 74.8 Å². The number of nitrogens with zero attached hydrogens (tertiary/aromatic N) is 1. The Morgan fingerprint density at radius 3 is 2.48 bits per heavy atom. The molecular weight excluding hydrogens is 454 g/mol. The highest BCUT2D eigenvalue weighted by atomic mass is 35.5. The molecule has 6 nitrogen and oxygen atoms in total. The molecule has 0 unspecified atom stereocenters. The van der Waals surface area contributed by atoms with E-state index in [2.05, 4.69) is 21.3 Å². The van der Waals surface area contributed by atoms with Gasteiger partial charge in [-0.2, -0.15) is 0 Å². The SMILES string of the molecule is O=C(CON=Cc1ccc(Cl)cc1Cl)NNC(=S)Nc1cc(Cl)ccc1Cl. The zero-order valence-corrected chi connectivity index (χ0v) is 17.3. The predicted molar refractivity (Wildman–Crippen MR) is 114 cm³/mol. The van der Waals surface area contributed by atoms with Crippen molar-refractivity contribution >= 4 is 81.5 Å². The molecule has 11 heteroatoms. The van der Waals surface area contributed by atoms with Crippen LogP contribution in [0.5, 0.6) is 0 Å². The Balaban J connectivity index is 1.73. The van der Waals surface area contributed by atoms with Gasteiger partial charge in [-0.25, -0.2) is 0 Å². The van der Waals surface area contributed by atoms with Gasteiger partial charge in [-0.1, -0.05) is 57.6 Å². The number of rotatable bonds is 5. The highest BCUT2D eigenvalue weighted by molar-refractivity contribution is 7.80. The maximum absolute atomic E-state index is 11.7. The molecule has 2 aromatic rings. The van der Waals surface area contributed by atoms with E-state index in [1.165, 1.54) is 6.21 Å². The van der Waals surface area contributed by atoms with Gasteiger partial charge in [0, 0.05) is 15.6 Å². The Kier molecular flexibility index (Phi) is 8.40. The van der Waals surface area contributed by atoms with Crippen LogP contribution in [-0.4, -0.2) is 23.8 Å². The smallest absolute Gasteiger partial charge is 0.279 e. The number of anilines is 1. The summed E-state index contributed by atoms with van der Waals surface area (Å²) in [6, 6.07) is 9.75. The average Bonchev–Trinajstić information content (AvgIpc) is 2.61. The lowest BCUT2D eigenvalue weighted by atomic mass is 10.2. The van der Waals surface area contributed by atoms with Crippen molar-refractivity contribution in [1.29, 1.82) is 0 Å². The summed E-state index contributed by atoms with van der Waals surface area (Å²) < 4.78 is 0. The lowest BCUT2D eigenvalue weighted by Gasteiger charge is -2.12. The molecule has 0 heterocycles. The van der Waals surface area contributed by atoms with Crippen LogP contribution >= 0.6 is 58.6 Å². The third-order valence-electron chi connectivity index (χ3n) is 2.92. The Labute approximate surface area is 180 Å². The summed E-state index contributed by atoms with van der Waals surface area (Å²) in [7, 11) is 0. The van der Waals surface area contributed by atoms with Gasteiger partial charge in [0.1, 0.15) is 0 Å². The van der Waals surface area contributed by atoms with Crippen molar-refractivity contribution in [1.82, 2.24) is 10.9 Å². The molecule has 0 spiro atoms.